The number of unbranched alkanes of at least 4 members (excludes halogenated alkanes) is 1. The maximum atomic E-state index is 5.75. The Bertz CT molecular complexity index is 392. The number of para-hydroxylation sites is 1. The van der Waals surface area contributed by atoms with E-state index in [9.17, 15) is 0 Å². The number of benzene rings is 1. The van der Waals surface area contributed by atoms with Crippen LogP contribution in [0.4, 0.5) is 0 Å². The van der Waals surface area contributed by atoms with Crippen LogP contribution in [-0.2, 0) is 0 Å². The van der Waals surface area contributed by atoms with Gasteiger partial charge in [-0.05, 0) is 30.9 Å². The lowest BCUT2D eigenvalue weighted by atomic mass is 9.88. The van der Waals surface area contributed by atoms with Crippen LogP contribution in [0.25, 0.3) is 5.57 Å². The van der Waals surface area contributed by atoms with Crippen molar-refractivity contribution in [3.63, 3.8) is 0 Å². The molecule has 1 aromatic carbocycles. The van der Waals surface area contributed by atoms with Crippen LogP contribution in [0.3, 0.4) is 0 Å². The van der Waals surface area contributed by atoms with Gasteiger partial charge in [-0.15, -0.1) is 6.58 Å². The fraction of sp³-hybridized carbons (Fsp3) is 0.333. The Labute approximate surface area is 97.4 Å². The zero-order chi connectivity index (χ0) is 11.4. The molecule has 1 aliphatic rings. The van der Waals surface area contributed by atoms with Crippen LogP contribution >= 0.6 is 0 Å². The summed E-state index contributed by atoms with van der Waals surface area (Å²) in [6.45, 7) is 8.73. The second-order valence-electron chi connectivity index (χ2n) is 4.25. The van der Waals surface area contributed by atoms with E-state index in [1.54, 1.807) is 0 Å². The Kier molecular flexibility index (Phi) is 3.45. The van der Waals surface area contributed by atoms with Crippen molar-refractivity contribution in [3.05, 3.63) is 49.1 Å². The molecule has 1 atom stereocenters. The van der Waals surface area contributed by atoms with Gasteiger partial charge in [0.25, 0.3) is 0 Å². The summed E-state index contributed by atoms with van der Waals surface area (Å²) in [4.78, 5) is 0. The molecule has 0 fully saturated rings. The molecule has 0 saturated carbocycles. The monoisotopic (exact) mass is 214 g/mol. The minimum atomic E-state index is 0.467. The fourth-order valence-corrected chi connectivity index (χ4v) is 2.13. The van der Waals surface area contributed by atoms with Gasteiger partial charge in [0.05, 0.1) is 6.61 Å². The summed E-state index contributed by atoms with van der Waals surface area (Å²) in [5, 5.41) is 0. The van der Waals surface area contributed by atoms with E-state index in [1.165, 1.54) is 17.6 Å². The predicted octanol–water partition coefficient (Wildman–Crippen LogP) is 4.06. The van der Waals surface area contributed by atoms with E-state index >= 15 is 0 Å². The number of hydrogen-bond donors (Lipinski definition) is 0. The third kappa shape index (κ3) is 2.19. The normalized spacial score (nSPS) is 18.8. The molecule has 0 saturated heterocycles. The van der Waals surface area contributed by atoms with Gasteiger partial charge in [-0.2, -0.15) is 0 Å². The standard InChI is InChI=1S/C15H18O/c1-3-4-5-8-13-11-16-15-10-7-6-9-14(15)12(13)2/h3,6-7,9-10,13H,1-2,4-5,8,11H2/t13-/m1/s1. The topological polar surface area (TPSA) is 9.23 Å². The quantitative estimate of drug-likeness (QED) is 0.542. The lowest BCUT2D eigenvalue weighted by molar-refractivity contribution is 0.258. The van der Waals surface area contributed by atoms with Gasteiger partial charge >= 0.3 is 0 Å². The van der Waals surface area contributed by atoms with Gasteiger partial charge in [0.1, 0.15) is 5.75 Å². The van der Waals surface area contributed by atoms with Crippen LogP contribution in [0.5, 0.6) is 5.75 Å². The van der Waals surface area contributed by atoms with E-state index in [4.69, 9.17) is 4.74 Å². The highest BCUT2D eigenvalue weighted by atomic mass is 16.5. The van der Waals surface area contributed by atoms with Crippen LogP contribution in [0.2, 0.25) is 0 Å². The number of hydrogen-bond acceptors (Lipinski definition) is 1. The van der Waals surface area contributed by atoms with Gasteiger partial charge in [-0.1, -0.05) is 30.9 Å². The third-order valence-corrected chi connectivity index (χ3v) is 3.13. The van der Waals surface area contributed by atoms with Crippen molar-refractivity contribution in [1.82, 2.24) is 0 Å². The van der Waals surface area contributed by atoms with E-state index in [0.29, 0.717) is 5.92 Å². The first kappa shape index (κ1) is 11.0. The average molecular weight is 214 g/mol. The molecule has 16 heavy (non-hydrogen) atoms. The molecule has 0 bridgehead atoms. The summed E-state index contributed by atoms with van der Waals surface area (Å²) in [7, 11) is 0. The summed E-state index contributed by atoms with van der Waals surface area (Å²) in [6, 6.07) is 8.15. The van der Waals surface area contributed by atoms with E-state index in [2.05, 4.69) is 19.2 Å². The van der Waals surface area contributed by atoms with Gasteiger partial charge in [0.15, 0.2) is 0 Å². The van der Waals surface area contributed by atoms with Crippen LogP contribution in [0.15, 0.2) is 43.5 Å². The van der Waals surface area contributed by atoms with Gasteiger partial charge in [0.2, 0.25) is 0 Å². The smallest absolute Gasteiger partial charge is 0.126 e. The zero-order valence-corrected chi connectivity index (χ0v) is 9.61. The molecule has 2 rings (SSSR count). The molecule has 0 unspecified atom stereocenters. The van der Waals surface area contributed by atoms with Crippen LogP contribution in [-0.4, -0.2) is 6.61 Å². The van der Waals surface area contributed by atoms with E-state index < -0.39 is 0 Å². The number of allylic oxidation sites excluding steroid dienone is 1. The fourth-order valence-electron chi connectivity index (χ4n) is 2.13. The molecule has 84 valence electrons. The van der Waals surface area contributed by atoms with E-state index in [-0.39, 0.29) is 0 Å². The first-order valence-electron chi connectivity index (χ1n) is 5.85. The van der Waals surface area contributed by atoms with Gasteiger partial charge in [-0.25, -0.2) is 0 Å². The maximum Gasteiger partial charge on any atom is 0.126 e. The lowest BCUT2D eigenvalue weighted by Gasteiger charge is -2.27. The molecule has 1 heterocycles. The lowest BCUT2D eigenvalue weighted by Crippen LogP contribution is -2.19. The van der Waals surface area contributed by atoms with Gasteiger partial charge < -0.3 is 4.74 Å². The Morgan fingerprint density at radius 2 is 2.19 bits per heavy atom. The van der Waals surface area contributed by atoms with Crippen LogP contribution in [0.1, 0.15) is 24.8 Å². The highest BCUT2D eigenvalue weighted by Gasteiger charge is 2.22. The van der Waals surface area contributed by atoms with Crippen molar-refractivity contribution >= 4 is 5.57 Å². The number of ether oxygens (including phenoxy) is 1. The molecule has 1 aromatic rings. The molecule has 0 spiro atoms. The van der Waals surface area contributed by atoms with Crippen molar-refractivity contribution in [1.29, 1.82) is 0 Å². The maximum absolute atomic E-state index is 5.75. The molecule has 0 N–H and O–H groups in total. The first-order chi connectivity index (χ1) is 7.83. The van der Waals surface area contributed by atoms with E-state index in [0.717, 1.165) is 25.2 Å². The summed E-state index contributed by atoms with van der Waals surface area (Å²) in [6.07, 6.45) is 5.35. The minimum absolute atomic E-state index is 0.467. The highest BCUT2D eigenvalue weighted by molar-refractivity contribution is 5.71. The summed E-state index contributed by atoms with van der Waals surface area (Å²) >= 11 is 0. The summed E-state index contributed by atoms with van der Waals surface area (Å²) in [5.74, 6) is 1.45. The molecular weight excluding hydrogens is 196 g/mol. The Hall–Kier alpha value is -1.50. The molecule has 0 aliphatic carbocycles. The third-order valence-electron chi connectivity index (χ3n) is 3.13. The first-order valence-corrected chi connectivity index (χ1v) is 5.85. The Morgan fingerprint density at radius 3 is 3.00 bits per heavy atom. The number of rotatable bonds is 4. The molecule has 1 nitrogen and oxygen atoms in total. The largest absolute Gasteiger partial charge is 0.492 e. The van der Waals surface area contributed by atoms with Crippen molar-refractivity contribution in [3.8, 4) is 5.75 Å². The molecule has 1 heteroatoms. The minimum Gasteiger partial charge on any atom is -0.492 e. The summed E-state index contributed by atoms with van der Waals surface area (Å²) in [5.41, 5.74) is 2.41. The molecule has 1 aliphatic heterocycles. The van der Waals surface area contributed by atoms with Gasteiger partial charge in [0, 0.05) is 11.5 Å². The van der Waals surface area contributed by atoms with Crippen molar-refractivity contribution < 1.29 is 4.74 Å². The molecular formula is C15H18O. The van der Waals surface area contributed by atoms with Crippen molar-refractivity contribution in [2.24, 2.45) is 5.92 Å². The molecule has 0 radical (unpaired) electrons. The van der Waals surface area contributed by atoms with Crippen molar-refractivity contribution in [2.75, 3.05) is 6.61 Å². The zero-order valence-electron chi connectivity index (χ0n) is 9.61. The second kappa shape index (κ2) is 5.02. The Morgan fingerprint density at radius 1 is 1.38 bits per heavy atom. The summed E-state index contributed by atoms with van der Waals surface area (Å²) < 4.78 is 5.75. The predicted molar refractivity (Wildman–Crippen MR) is 68.5 cm³/mol. The second-order valence-corrected chi connectivity index (χ2v) is 4.25. The highest BCUT2D eigenvalue weighted by Crippen LogP contribution is 2.36. The molecule has 0 amide bonds. The van der Waals surface area contributed by atoms with E-state index in [1.807, 2.05) is 24.3 Å². The van der Waals surface area contributed by atoms with Crippen molar-refractivity contribution in [2.45, 2.75) is 19.3 Å². The van der Waals surface area contributed by atoms with Crippen LogP contribution in [0, 0.1) is 5.92 Å². The van der Waals surface area contributed by atoms with Gasteiger partial charge in [-0.3, -0.25) is 0 Å². The average Bonchev–Trinajstić information content (AvgIpc) is 2.33. The SMILES string of the molecule is C=CCCC[C@@H]1COc2ccccc2C1=C. The number of fused-ring (bicyclic) bond motifs is 1. The Balaban J connectivity index is 2.06. The molecule has 0 aromatic heterocycles. The van der Waals surface area contributed by atoms with Crippen LogP contribution < -0.4 is 4.74 Å².